The Morgan fingerprint density at radius 3 is 2.40 bits per heavy atom. The van der Waals surface area contributed by atoms with E-state index in [9.17, 15) is 4.79 Å². The van der Waals surface area contributed by atoms with Gasteiger partial charge in [0.25, 0.3) is 0 Å². The lowest BCUT2D eigenvalue weighted by Gasteiger charge is -2.05. The summed E-state index contributed by atoms with van der Waals surface area (Å²) in [6, 6.07) is 11.6. The maximum Gasteiger partial charge on any atom is 0.337 e. The lowest BCUT2D eigenvalue weighted by Crippen LogP contribution is -2.02. The second-order valence-corrected chi connectivity index (χ2v) is 4.67. The molecule has 0 saturated carbocycles. The van der Waals surface area contributed by atoms with Gasteiger partial charge in [-0.3, -0.25) is 5.43 Å². The van der Waals surface area contributed by atoms with E-state index in [1.54, 1.807) is 36.4 Å². The molecule has 2 rings (SSSR count). The number of carboxylic acids is 1. The predicted octanol–water partition coefficient (Wildman–Crippen LogP) is 4.14. The SMILES string of the molecule is O=C(O)c1ccccc1N/N=C/c1c(Cl)cccc1Cl. The Labute approximate surface area is 125 Å². The van der Waals surface area contributed by atoms with Gasteiger partial charge in [-0.1, -0.05) is 41.4 Å². The molecule has 0 aromatic heterocycles. The van der Waals surface area contributed by atoms with E-state index in [0.29, 0.717) is 21.3 Å². The number of anilines is 1. The zero-order valence-corrected chi connectivity index (χ0v) is 11.7. The number of hydrazone groups is 1. The number of halogens is 2. The Morgan fingerprint density at radius 1 is 1.10 bits per heavy atom. The number of nitrogens with zero attached hydrogens (tertiary/aromatic N) is 1. The molecule has 2 N–H and O–H groups in total. The van der Waals surface area contributed by atoms with Crippen molar-refractivity contribution in [3.63, 3.8) is 0 Å². The van der Waals surface area contributed by atoms with Crippen molar-refractivity contribution < 1.29 is 9.90 Å². The molecule has 0 aliphatic rings. The first kappa shape index (κ1) is 14.4. The van der Waals surface area contributed by atoms with Crippen LogP contribution in [0.25, 0.3) is 0 Å². The molecule has 0 unspecified atom stereocenters. The number of carbonyl (C=O) groups is 1. The zero-order valence-electron chi connectivity index (χ0n) is 10.2. The number of hydrogen-bond donors (Lipinski definition) is 2. The Bertz CT molecular complexity index is 652. The highest BCUT2D eigenvalue weighted by Gasteiger charge is 2.08. The summed E-state index contributed by atoms with van der Waals surface area (Å²) >= 11 is 12.0. The smallest absolute Gasteiger partial charge is 0.337 e. The fraction of sp³-hybridized carbons (Fsp3) is 0. The number of nitrogens with one attached hydrogen (secondary N) is 1. The maximum atomic E-state index is 11.0. The van der Waals surface area contributed by atoms with Crippen molar-refractivity contribution in [1.82, 2.24) is 0 Å². The number of benzene rings is 2. The molecule has 0 fully saturated rings. The van der Waals surface area contributed by atoms with Crippen LogP contribution in [0, 0.1) is 0 Å². The molecule has 0 spiro atoms. The van der Waals surface area contributed by atoms with Crippen LogP contribution in [0.15, 0.2) is 47.6 Å². The lowest BCUT2D eigenvalue weighted by atomic mass is 10.2. The first-order valence-electron chi connectivity index (χ1n) is 5.65. The van der Waals surface area contributed by atoms with Gasteiger partial charge in [0.05, 0.1) is 27.5 Å². The largest absolute Gasteiger partial charge is 0.478 e. The molecule has 0 heterocycles. The third kappa shape index (κ3) is 3.29. The summed E-state index contributed by atoms with van der Waals surface area (Å²) in [6.45, 7) is 0. The third-order valence-electron chi connectivity index (χ3n) is 2.54. The fourth-order valence-corrected chi connectivity index (χ4v) is 2.06. The second-order valence-electron chi connectivity index (χ2n) is 3.86. The van der Waals surface area contributed by atoms with Gasteiger partial charge in [0, 0.05) is 5.56 Å². The van der Waals surface area contributed by atoms with Crippen LogP contribution in [-0.2, 0) is 0 Å². The third-order valence-corrected chi connectivity index (χ3v) is 3.20. The van der Waals surface area contributed by atoms with Crippen LogP contribution < -0.4 is 5.43 Å². The van der Waals surface area contributed by atoms with E-state index >= 15 is 0 Å². The first-order chi connectivity index (χ1) is 9.59. The van der Waals surface area contributed by atoms with Crippen LogP contribution in [0.5, 0.6) is 0 Å². The van der Waals surface area contributed by atoms with E-state index in [4.69, 9.17) is 28.3 Å². The van der Waals surface area contributed by atoms with Crippen LogP contribution in [0.4, 0.5) is 5.69 Å². The van der Waals surface area contributed by atoms with E-state index in [-0.39, 0.29) is 5.56 Å². The van der Waals surface area contributed by atoms with E-state index in [0.717, 1.165) is 0 Å². The van der Waals surface area contributed by atoms with Crippen LogP contribution in [0.1, 0.15) is 15.9 Å². The summed E-state index contributed by atoms with van der Waals surface area (Å²) in [5, 5.41) is 13.9. The molecule has 6 heteroatoms. The van der Waals surface area contributed by atoms with Crippen molar-refractivity contribution in [2.75, 3.05) is 5.43 Å². The van der Waals surface area contributed by atoms with Gasteiger partial charge in [0.1, 0.15) is 0 Å². The lowest BCUT2D eigenvalue weighted by molar-refractivity contribution is 0.0698. The fourth-order valence-electron chi connectivity index (χ4n) is 1.57. The quantitative estimate of drug-likeness (QED) is 0.659. The van der Waals surface area contributed by atoms with Crippen molar-refractivity contribution in [3.8, 4) is 0 Å². The van der Waals surface area contributed by atoms with Gasteiger partial charge < -0.3 is 5.11 Å². The van der Waals surface area contributed by atoms with Gasteiger partial charge >= 0.3 is 5.97 Å². The highest BCUT2D eigenvalue weighted by molar-refractivity contribution is 6.38. The molecular weight excluding hydrogens is 299 g/mol. The van der Waals surface area contributed by atoms with Crippen LogP contribution in [-0.4, -0.2) is 17.3 Å². The summed E-state index contributed by atoms with van der Waals surface area (Å²) in [7, 11) is 0. The molecule has 2 aromatic carbocycles. The molecule has 0 amide bonds. The van der Waals surface area contributed by atoms with Crippen LogP contribution in [0.2, 0.25) is 10.0 Å². The molecule has 0 aliphatic heterocycles. The molecule has 102 valence electrons. The standard InChI is InChI=1S/C14H10Cl2N2O2/c15-11-5-3-6-12(16)10(11)8-17-18-13-7-2-1-4-9(13)14(19)20/h1-8,18H,(H,19,20)/b17-8+. The molecule has 0 saturated heterocycles. The summed E-state index contributed by atoms with van der Waals surface area (Å²) in [5.74, 6) is -1.03. The Balaban J connectivity index is 2.21. The molecule has 0 atom stereocenters. The molecular formula is C14H10Cl2N2O2. The minimum atomic E-state index is -1.03. The Morgan fingerprint density at radius 2 is 1.75 bits per heavy atom. The average Bonchev–Trinajstić information content (AvgIpc) is 2.42. The van der Waals surface area contributed by atoms with Gasteiger partial charge in [0.2, 0.25) is 0 Å². The molecule has 4 nitrogen and oxygen atoms in total. The van der Waals surface area contributed by atoms with Crippen LogP contribution in [0.3, 0.4) is 0 Å². The molecule has 2 aromatic rings. The number of carboxylic acid groups (broad SMARTS) is 1. The van der Waals surface area contributed by atoms with Gasteiger partial charge in [-0.2, -0.15) is 5.10 Å². The zero-order chi connectivity index (χ0) is 14.5. The maximum absolute atomic E-state index is 11.0. The highest BCUT2D eigenvalue weighted by Crippen LogP contribution is 2.22. The van der Waals surface area contributed by atoms with E-state index in [1.807, 2.05) is 0 Å². The average molecular weight is 309 g/mol. The van der Waals surface area contributed by atoms with Crippen molar-refractivity contribution >= 4 is 41.1 Å². The highest BCUT2D eigenvalue weighted by atomic mass is 35.5. The number of hydrogen-bond acceptors (Lipinski definition) is 3. The van der Waals surface area contributed by atoms with E-state index in [1.165, 1.54) is 12.3 Å². The topological polar surface area (TPSA) is 61.7 Å². The van der Waals surface area contributed by atoms with Gasteiger partial charge in [-0.15, -0.1) is 0 Å². The van der Waals surface area contributed by atoms with E-state index in [2.05, 4.69) is 10.5 Å². The molecule has 0 aliphatic carbocycles. The molecule has 0 radical (unpaired) electrons. The molecule has 0 bridgehead atoms. The van der Waals surface area contributed by atoms with E-state index < -0.39 is 5.97 Å². The Kier molecular flexibility index (Phi) is 4.61. The number of para-hydroxylation sites is 1. The minimum absolute atomic E-state index is 0.134. The van der Waals surface area contributed by atoms with Gasteiger partial charge in [-0.25, -0.2) is 4.79 Å². The summed E-state index contributed by atoms with van der Waals surface area (Å²) < 4.78 is 0. The number of aromatic carboxylic acids is 1. The minimum Gasteiger partial charge on any atom is -0.478 e. The van der Waals surface area contributed by atoms with Crippen molar-refractivity contribution in [1.29, 1.82) is 0 Å². The van der Waals surface area contributed by atoms with Gasteiger partial charge in [0.15, 0.2) is 0 Å². The van der Waals surface area contributed by atoms with Crippen molar-refractivity contribution in [3.05, 3.63) is 63.6 Å². The second kappa shape index (κ2) is 6.41. The summed E-state index contributed by atoms with van der Waals surface area (Å²) in [4.78, 5) is 11.0. The molecule has 20 heavy (non-hydrogen) atoms. The first-order valence-corrected chi connectivity index (χ1v) is 6.40. The van der Waals surface area contributed by atoms with Crippen molar-refractivity contribution in [2.45, 2.75) is 0 Å². The summed E-state index contributed by atoms with van der Waals surface area (Å²) in [6.07, 6.45) is 1.45. The van der Waals surface area contributed by atoms with Crippen LogP contribution >= 0.6 is 23.2 Å². The van der Waals surface area contributed by atoms with Gasteiger partial charge in [-0.05, 0) is 24.3 Å². The summed E-state index contributed by atoms with van der Waals surface area (Å²) in [5.41, 5.74) is 3.76. The normalized spacial score (nSPS) is 10.7. The Hall–Kier alpha value is -2.04. The monoisotopic (exact) mass is 308 g/mol. The van der Waals surface area contributed by atoms with Crippen molar-refractivity contribution in [2.24, 2.45) is 5.10 Å². The predicted molar refractivity (Wildman–Crippen MR) is 81.1 cm³/mol. The number of rotatable bonds is 4.